The van der Waals surface area contributed by atoms with Crippen LogP contribution in [0, 0.1) is 5.82 Å². The third kappa shape index (κ3) is 2.97. The number of rotatable bonds is 3. The van der Waals surface area contributed by atoms with Crippen LogP contribution in [0.1, 0.15) is 10.4 Å². The van der Waals surface area contributed by atoms with Gasteiger partial charge in [0.15, 0.2) is 6.29 Å². The highest BCUT2D eigenvalue weighted by Gasteiger charge is 2.06. The zero-order chi connectivity index (χ0) is 13.1. The Labute approximate surface area is 120 Å². The summed E-state index contributed by atoms with van der Waals surface area (Å²) >= 11 is 6.53. The second-order valence-corrected chi connectivity index (χ2v) is 5.19. The van der Waals surface area contributed by atoms with Crippen LogP contribution in [-0.4, -0.2) is 6.29 Å². The summed E-state index contributed by atoms with van der Waals surface area (Å²) < 4.78 is 19.9. The summed E-state index contributed by atoms with van der Waals surface area (Å²) in [5, 5.41) is 0. The molecular formula is C13H7Br2FO2. The third-order valence-electron chi connectivity index (χ3n) is 2.22. The average Bonchev–Trinajstić information content (AvgIpc) is 2.34. The minimum atomic E-state index is -0.378. The molecule has 0 saturated carbocycles. The fourth-order valence-corrected chi connectivity index (χ4v) is 2.13. The van der Waals surface area contributed by atoms with Crippen LogP contribution in [0.3, 0.4) is 0 Å². The van der Waals surface area contributed by atoms with Crippen LogP contribution in [-0.2, 0) is 0 Å². The zero-order valence-electron chi connectivity index (χ0n) is 8.99. The van der Waals surface area contributed by atoms with Crippen molar-refractivity contribution in [2.75, 3.05) is 0 Å². The number of halogens is 3. The first-order valence-electron chi connectivity index (χ1n) is 4.98. The Balaban J connectivity index is 2.31. The van der Waals surface area contributed by atoms with Crippen LogP contribution in [0.15, 0.2) is 45.3 Å². The lowest BCUT2D eigenvalue weighted by molar-refractivity contribution is 0.112. The van der Waals surface area contributed by atoms with Crippen molar-refractivity contribution in [3.63, 3.8) is 0 Å². The Morgan fingerprint density at radius 1 is 1.06 bits per heavy atom. The highest BCUT2D eigenvalue weighted by atomic mass is 79.9. The standard InChI is InChI=1S/C13H7Br2FO2/c14-11-4-2-9(16)5-13(11)18-10-3-1-8(7-17)12(15)6-10/h1-7H. The van der Waals surface area contributed by atoms with Gasteiger partial charge in [-0.05, 0) is 62.2 Å². The van der Waals surface area contributed by atoms with E-state index in [1.807, 2.05) is 0 Å². The summed E-state index contributed by atoms with van der Waals surface area (Å²) in [6, 6.07) is 9.11. The van der Waals surface area contributed by atoms with E-state index >= 15 is 0 Å². The molecule has 0 saturated heterocycles. The van der Waals surface area contributed by atoms with Gasteiger partial charge < -0.3 is 4.74 Å². The number of hydrogen-bond donors (Lipinski definition) is 0. The van der Waals surface area contributed by atoms with Crippen LogP contribution < -0.4 is 4.74 Å². The molecule has 0 heterocycles. The molecule has 0 amide bonds. The normalized spacial score (nSPS) is 10.2. The number of benzene rings is 2. The van der Waals surface area contributed by atoms with Crippen LogP contribution >= 0.6 is 31.9 Å². The van der Waals surface area contributed by atoms with Crippen molar-refractivity contribution in [1.29, 1.82) is 0 Å². The first-order valence-corrected chi connectivity index (χ1v) is 6.56. The van der Waals surface area contributed by atoms with Gasteiger partial charge in [-0.2, -0.15) is 0 Å². The second kappa shape index (κ2) is 5.63. The predicted octanol–water partition coefficient (Wildman–Crippen LogP) is 4.96. The maximum atomic E-state index is 13.1. The number of carbonyl (C=O) groups is 1. The SMILES string of the molecule is O=Cc1ccc(Oc2cc(F)ccc2Br)cc1Br. The minimum Gasteiger partial charge on any atom is -0.456 e. The van der Waals surface area contributed by atoms with E-state index in [1.165, 1.54) is 12.1 Å². The summed E-state index contributed by atoms with van der Waals surface area (Å²) in [6.45, 7) is 0. The first kappa shape index (κ1) is 13.2. The van der Waals surface area contributed by atoms with E-state index in [1.54, 1.807) is 24.3 Å². The monoisotopic (exact) mass is 372 g/mol. The van der Waals surface area contributed by atoms with Gasteiger partial charge in [-0.3, -0.25) is 4.79 Å². The van der Waals surface area contributed by atoms with E-state index in [0.717, 1.165) is 6.29 Å². The minimum absolute atomic E-state index is 0.376. The third-order valence-corrected chi connectivity index (χ3v) is 3.56. The Kier molecular flexibility index (Phi) is 4.14. The summed E-state index contributed by atoms with van der Waals surface area (Å²) in [7, 11) is 0. The predicted molar refractivity (Wildman–Crippen MR) is 73.7 cm³/mol. The lowest BCUT2D eigenvalue weighted by atomic mass is 10.2. The van der Waals surface area contributed by atoms with E-state index in [2.05, 4.69) is 31.9 Å². The summed E-state index contributed by atoms with van der Waals surface area (Å²) in [5.74, 6) is 0.510. The van der Waals surface area contributed by atoms with E-state index in [4.69, 9.17) is 4.74 Å². The van der Waals surface area contributed by atoms with Crippen molar-refractivity contribution >= 4 is 38.1 Å². The molecule has 0 N–H and O–H groups in total. The smallest absolute Gasteiger partial charge is 0.151 e. The van der Waals surface area contributed by atoms with Crippen molar-refractivity contribution in [1.82, 2.24) is 0 Å². The molecule has 2 aromatic rings. The average molecular weight is 374 g/mol. The highest BCUT2D eigenvalue weighted by Crippen LogP contribution is 2.32. The van der Waals surface area contributed by atoms with Crippen molar-refractivity contribution in [3.8, 4) is 11.5 Å². The molecule has 5 heteroatoms. The lowest BCUT2D eigenvalue weighted by Gasteiger charge is -2.08. The Morgan fingerprint density at radius 3 is 2.50 bits per heavy atom. The van der Waals surface area contributed by atoms with Gasteiger partial charge in [0.05, 0.1) is 4.47 Å². The topological polar surface area (TPSA) is 26.3 Å². The molecule has 0 radical (unpaired) electrons. The fraction of sp³-hybridized carbons (Fsp3) is 0. The summed E-state index contributed by atoms with van der Waals surface area (Å²) in [5.41, 5.74) is 0.528. The zero-order valence-corrected chi connectivity index (χ0v) is 12.2. The molecule has 92 valence electrons. The van der Waals surface area contributed by atoms with Gasteiger partial charge in [-0.25, -0.2) is 4.39 Å². The van der Waals surface area contributed by atoms with Gasteiger partial charge in [0.2, 0.25) is 0 Å². The first-order chi connectivity index (χ1) is 8.60. The van der Waals surface area contributed by atoms with Gasteiger partial charge >= 0.3 is 0 Å². The van der Waals surface area contributed by atoms with E-state index in [-0.39, 0.29) is 5.82 Å². The molecule has 0 bridgehead atoms. The van der Waals surface area contributed by atoms with E-state index in [9.17, 15) is 9.18 Å². The van der Waals surface area contributed by atoms with Gasteiger partial charge in [0, 0.05) is 16.1 Å². The molecule has 2 rings (SSSR count). The van der Waals surface area contributed by atoms with Gasteiger partial charge in [-0.15, -0.1) is 0 Å². The largest absolute Gasteiger partial charge is 0.456 e. The number of ether oxygens (including phenoxy) is 1. The molecule has 0 aliphatic heterocycles. The maximum absolute atomic E-state index is 13.1. The van der Waals surface area contributed by atoms with Crippen molar-refractivity contribution in [2.24, 2.45) is 0 Å². The molecule has 2 aromatic carbocycles. The van der Waals surface area contributed by atoms with Crippen LogP contribution in [0.2, 0.25) is 0 Å². The number of aldehydes is 1. The van der Waals surface area contributed by atoms with Crippen molar-refractivity contribution in [2.45, 2.75) is 0 Å². The fourth-order valence-electron chi connectivity index (χ4n) is 1.35. The molecule has 0 fully saturated rings. The number of hydrogen-bond acceptors (Lipinski definition) is 2. The summed E-state index contributed by atoms with van der Waals surface area (Å²) in [4.78, 5) is 10.7. The molecule has 0 unspecified atom stereocenters. The lowest BCUT2D eigenvalue weighted by Crippen LogP contribution is -1.89. The Morgan fingerprint density at radius 2 is 1.83 bits per heavy atom. The quantitative estimate of drug-likeness (QED) is 0.711. The van der Waals surface area contributed by atoms with Gasteiger partial charge in [-0.1, -0.05) is 0 Å². The molecular weight excluding hydrogens is 367 g/mol. The Bertz CT molecular complexity index is 600. The number of carbonyl (C=O) groups excluding carboxylic acids is 1. The highest BCUT2D eigenvalue weighted by molar-refractivity contribution is 9.10. The summed E-state index contributed by atoms with van der Waals surface area (Å²) in [6.07, 6.45) is 0.742. The van der Waals surface area contributed by atoms with E-state index in [0.29, 0.717) is 26.0 Å². The van der Waals surface area contributed by atoms with Gasteiger partial charge in [0.25, 0.3) is 0 Å². The van der Waals surface area contributed by atoms with Crippen LogP contribution in [0.25, 0.3) is 0 Å². The molecule has 2 nitrogen and oxygen atoms in total. The van der Waals surface area contributed by atoms with Crippen LogP contribution in [0.4, 0.5) is 4.39 Å². The van der Waals surface area contributed by atoms with Crippen molar-refractivity contribution in [3.05, 3.63) is 56.7 Å². The maximum Gasteiger partial charge on any atom is 0.151 e. The second-order valence-electron chi connectivity index (χ2n) is 3.48. The molecule has 0 aliphatic rings. The molecule has 18 heavy (non-hydrogen) atoms. The molecule has 0 atom stereocenters. The van der Waals surface area contributed by atoms with Crippen LogP contribution in [0.5, 0.6) is 11.5 Å². The van der Waals surface area contributed by atoms with Gasteiger partial charge in [0.1, 0.15) is 17.3 Å². The molecule has 0 spiro atoms. The van der Waals surface area contributed by atoms with Crippen molar-refractivity contribution < 1.29 is 13.9 Å². The Hall–Kier alpha value is -1.20. The molecule has 0 aromatic heterocycles. The van der Waals surface area contributed by atoms with E-state index < -0.39 is 0 Å². The molecule has 0 aliphatic carbocycles.